The lowest BCUT2D eigenvalue weighted by molar-refractivity contribution is -0.125. The van der Waals surface area contributed by atoms with Crippen LogP contribution in [0.2, 0.25) is 0 Å². The zero-order chi connectivity index (χ0) is 27.4. The van der Waals surface area contributed by atoms with Gasteiger partial charge in [-0.05, 0) is 29.2 Å². The van der Waals surface area contributed by atoms with Gasteiger partial charge < -0.3 is 20.8 Å². The van der Waals surface area contributed by atoms with Crippen LogP contribution in [0.15, 0.2) is 52.9 Å². The predicted molar refractivity (Wildman–Crippen MR) is 135 cm³/mol. The van der Waals surface area contributed by atoms with Gasteiger partial charge in [-0.25, -0.2) is 4.39 Å². The first kappa shape index (κ1) is 26.5. The molecule has 4 aromatic rings. The van der Waals surface area contributed by atoms with E-state index in [4.69, 9.17) is 10.2 Å². The average Bonchev–Trinajstić information content (AvgIpc) is 3.49. The molecule has 1 atom stereocenters. The topological polar surface area (TPSA) is 158 Å². The van der Waals surface area contributed by atoms with E-state index in [0.717, 1.165) is 11.1 Å². The molecular weight excluding hydrogens is 493 g/mol. The largest absolute Gasteiger partial charge is 0.417 e. The minimum atomic E-state index is -0.889. The number of benzene rings is 2. The van der Waals surface area contributed by atoms with Gasteiger partial charge >= 0.3 is 11.8 Å². The minimum Gasteiger partial charge on any atom is -0.417 e. The van der Waals surface area contributed by atoms with E-state index in [0.29, 0.717) is 11.9 Å². The van der Waals surface area contributed by atoms with Gasteiger partial charge in [0.15, 0.2) is 5.69 Å². The molecule has 0 aliphatic rings. The standard InChI is InChI=1S/C26H28FN7O4/c1-26(2,3)21(24(37)29-13-12-19-31-32-25(38-19)22(28)35)30-23(36)20-17-6-4-5-7-18(17)34(33-20)14-15-8-10-16(27)11-9-15/h4-11,21H,12-14H2,1-3H3,(H2,28,35)(H,29,37)(H,30,36)/t21-/m1/s1. The number of para-hydroxylation sites is 1. The molecule has 2 heterocycles. The van der Waals surface area contributed by atoms with E-state index in [9.17, 15) is 18.8 Å². The van der Waals surface area contributed by atoms with Crippen LogP contribution >= 0.6 is 0 Å². The van der Waals surface area contributed by atoms with Gasteiger partial charge in [0.05, 0.1) is 12.1 Å². The average molecular weight is 522 g/mol. The van der Waals surface area contributed by atoms with Gasteiger partial charge in [-0.2, -0.15) is 5.10 Å². The molecule has 0 unspecified atom stereocenters. The number of aromatic nitrogens is 4. The highest BCUT2D eigenvalue weighted by Crippen LogP contribution is 2.23. The van der Waals surface area contributed by atoms with Crippen LogP contribution in [-0.4, -0.2) is 50.3 Å². The lowest BCUT2D eigenvalue weighted by atomic mass is 9.86. The zero-order valence-corrected chi connectivity index (χ0v) is 21.2. The quantitative estimate of drug-likeness (QED) is 0.305. The molecule has 0 fully saturated rings. The van der Waals surface area contributed by atoms with Crippen molar-refractivity contribution < 1.29 is 23.2 Å². The normalized spacial score (nSPS) is 12.3. The molecule has 0 spiro atoms. The summed E-state index contributed by atoms with van der Waals surface area (Å²) >= 11 is 0. The predicted octanol–water partition coefficient (Wildman–Crippen LogP) is 2.21. The van der Waals surface area contributed by atoms with E-state index in [-0.39, 0.29) is 36.3 Å². The summed E-state index contributed by atoms with van der Waals surface area (Å²) < 4.78 is 20.1. The Kier molecular flexibility index (Phi) is 7.51. The van der Waals surface area contributed by atoms with Crippen molar-refractivity contribution in [1.29, 1.82) is 0 Å². The van der Waals surface area contributed by atoms with Crippen LogP contribution in [0, 0.1) is 11.2 Å². The summed E-state index contributed by atoms with van der Waals surface area (Å²) in [6.45, 7) is 5.97. The van der Waals surface area contributed by atoms with Gasteiger partial charge in [0, 0.05) is 18.4 Å². The summed E-state index contributed by atoms with van der Waals surface area (Å²) in [7, 11) is 0. The van der Waals surface area contributed by atoms with Crippen molar-refractivity contribution in [3.05, 3.63) is 77.4 Å². The maximum Gasteiger partial charge on any atom is 0.306 e. The number of amides is 3. The van der Waals surface area contributed by atoms with E-state index in [1.807, 2.05) is 32.9 Å². The number of hydrogen-bond acceptors (Lipinski definition) is 7. The van der Waals surface area contributed by atoms with Crippen molar-refractivity contribution in [3.63, 3.8) is 0 Å². The summed E-state index contributed by atoms with van der Waals surface area (Å²) in [4.78, 5) is 37.6. The number of primary amides is 1. The smallest absolute Gasteiger partial charge is 0.306 e. The first-order valence-electron chi connectivity index (χ1n) is 11.9. The maximum absolute atomic E-state index is 13.4. The molecule has 2 aromatic carbocycles. The second-order valence-corrected chi connectivity index (χ2v) is 9.83. The Bertz CT molecular complexity index is 1470. The van der Waals surface area contributed by atoms with Crippen LogP contribution in [0.5, 0.6) is 0 Å². The van der Waals surface area contributed by atoms with Crippen molar-refractivity contribution in [3.8, 4) is 0 Å². The molecule has 0 aliphatic carbocycles. The van der Waals surface area contributed by atoms with Crippen LogP contribution in [0.1, 0.15) is 53.4 Å². The van der Waals surface area contributed by atoms with Gasteiger partial charge in [-0.3, -0.25) is 19.1 Å². The van der Waals surface area contributed by atoms with E-state index >= 15 is 0 Å². The van der Waals surface area contributed by atoms with Gasteiger partial charge in [0.1, 0.15) is 11.9 Å². The molecule has 198 valence electrons. The number of hydrogen-bond donors (Lipinski definition) is 3. The van der Waals surface area contributed by atoms with Crippen LogP contribution in [0.4, 0.5) is 4.39 Å². The Morgan fingerprint density at radius 2 is 1.79 bits per heavy atom. The van der Waals surface area contributed by atoms with Crippen molar-refractivity contribution in [1.82, 2.24) is 30.6 Å². The number of carbonyl (C=O) groups excluding carboxylic acids is 3. The van der Waals surface area contributed by atoms with Gasteiger partial charge in [0.2, 0.25) is 11.8 Å². The Hall–Kier alpha value is -4.61. The van der Waals surface area contributed by atoms with Gasteiger partial charge in [0.25, 0.3) is 5.91 Å². The molecule has 0 saturated carbocycles. The molecule has 11 nitrogen and oxygen atoms in total. The van der Waals surface area contributed by atoms with Crippen LogP contribution in [0.25, 0.3) is 10.9 Å². The zero-order valence-electron chi connectivity index (χ0n) is 21.2. The Morgan fingerprint density at radius 3 is 2.45 bits per heavy atom. The van der Waals surface area contributed by atoms with E-state index in [1.54, 1.807) is 28.9 Å². The number of nitrogens with two attached hydrogens (primary N) is 1. The summed E-state index contributed by atoms with van der Waals surface area (Å²) in [5, 5.41) is 18.0. The van der Waals surface area contributed by atoms with Crippen molar-refractivity contribution in [2.24, 2.45) is 11.1 Å². The fraction of sp³-hybridized carbons (Fsp3) is 0.308. The summed E-state index contributed by atoms with van der Waals surface area (Å²) in [6.07, 6.45) is 0.176. The number of halogens is 1. The minimum absolute atomic E-state index is 0.136. The fourth-order valence-electron chi connectivity index (χ4n) is 3.90. The van der Waals surface area contributed by atoms with Crippen molar-refractivity contribution in [2.75, 3.05) is 6.54 Å². The van der Waals surface area contributed by atoms with E-state index in [1.165, 1.54) is 12.1 Å². The SMILES string of the molecule is CC(C)(C)[C@H](NC(=O)c1nn(Cc2ccc(F)cc2)c2ccccc12)C(=O)NCCc1nnc(C(N)=O)o1. The second-order valence-electron chi connectivity index (χ2n) is 9.83. The van der Waals surface area contributed by atoms with Crippen LogP contribution < -0.4 is 16.4 Å². The molecule has 12 heteroatoms. The maximum atomic E-state index is 13.4. The first-order valence-corrected chi connectivity index (χ1v) is 11.9. The molecule has 3 amide bonds. The lowest BCUT2D eigenvalue weighted by Gasteiger charge is -2.30. The molecule has 0 radical (unpaired) electrons. The highest BCUT2D eigenvalue weighted by molar-refractivity contribution is 6.06. The molecule has 4 rings (SSSR count). The first-order chi connectivity index (χ1) is 18.0. The summed E-state index contributed by atoms with van der Waals surface area (Å²) in [6, 6.07) is 12.5. The third-order valence-corrected chi connectivity index (χ3v) is 5.84. The Labute approximate surface area is 217 Å². The van der Waals surface area contributed by atoms with Crippen molar-refractivity contribution >= 4 is 28.6 Å². The highest BCUT2D eigenvalue weighted by atomic mass is 19.1. The number of carbonyl (C=O) groups is 3. The number of fused-ring (bicyclic) bond motifs is 1. The molecule has 0 saturated heterocycles. The van der Waals surface area contributed by atoms with Crippen LogP contribution in [-0.2, 0) is 17.8 Å². The fourth-order valence-corrected chi connectivity index (χ4v) is 3.90. The third-order valence-electron chi connectivity index (χ3n) is 5.84. The van der Waals surface area contributed by atoms with E-state index in [2.05, 4.69) is 25.9 Å². The van der Waals surface area contributed by atoms with Gasteiger partial charge in [-0.1, -0.05) is 51.1 Å². The second kappa shape index (κ2) is 10.8. The molecule has 2 aromatic heterocycles. The van der Waals surface area contributed by atoms with Gasteiger partial charge in [-0.15, -0.1) is 10.2 Å². The highest BCUT2D eigenvalue weighted by Gasteiger charge is 2.34. The van der Waals surface area contributed by atoms with E-state index < -0.39 is 29.2 Å². The lowest BCUT2D eigenvalue weighted by Crippen LogP contribution is -2.54. The van der Waals surface area contributed by atoms with Crippen LogP contribution in [0.3, 0.4) is 0 Å². The third kappa shape index (κ3) is 6.02. The molecule has 0 bridgehead atoms. The monoisotopic (exact) mass is 521 g/mol. The molecular formula is C26H28FN7O4. The molecule has 0 aliphatic heterocycles. The number of nitrogens with zero attached hydrogens (tertiary/aromatic N) is 4. The summed E-state index contributed by atoms with van der Waals surface area (Å²) in [5.41, 5.74) is 6.20. The summed E-state index contributed by atoms with van der Waals surface area (Å²) in [5.74, 6) is -2.24. The number of nitrogens with one attached hydrogen (secondary N) is 2. The number of rotatable bonds is 9. The Balaban J connectivity index is 1.49. The van der Waals surface area contributed by atoms with Crippen molar-refractivity contribution in [2.45, 2.75) is 39.8 Å². The Morgan fingerprint density at radius 1 is 1.08 bits per heavy atom. The molecule has 4 N–H and O–H groups in total. The molecule has 38 heavy (non-hydrogen) atoms.